The maximum absolute atomic E-state index is 6.47. The molecule has 0 spiro atoms. The Morgan fingerprint density at radius 3 is 2.19 bits per heavy atom. The third-order valence-corrected chi connectivity index (χ3v) is 4.88. The lowest BCUT2D eigenvalue weighted by atomic mass is 9.62. The quantitative estimate of drug-likeness (QED) is 0.717. The van der Waals surface area contributed by atoms with Gasteiger partial charge in [0.05, 0.1) is 0 Å². The van der Waals surface area contributed by atoms with Gasteiger partial charge in [-0.2, -0.15) is 0 Å². The minimum absolute atomic E-state index is 0.0757. The van der Waals surface area contributed by atoms with E-state index in [0.717, 1.165) is 18.3 Å². The molecule has 4 unspecified atom stereocenters. The van der Waals surface area contributed by atoms with Crippen LogP contribution in [0, 0.1) is 23.2 Å². The van der Waals surface area contributed by atoms with Crippen LogP contribution in [0.2, 0.25) is 0 Å². The number of allylic oxidation sites excluding steroid dienone is 1. The molecule has 1 heteroatoms. The highest BCUT2D eigenvalue weighted by Crippen LogP contribution is 2.44. The molecular formula is C15H29N. The fourth-order valence-corrected chi connectivity index (χ4v) is 2.68. The summed E-state index contributed by atoms with van der Waals surface area (Å²) in [7, 11) is 0. The number of hydrogen-bond donors (Lipinski definition) is 1. The molecule has 1 aliphatic carbocycles. The predicted molar refractivity (Wildman–Crippen MR) is 72.2 cm³/mol. The number of rotatable bonds is 4. The highest BCUT2D eigenvalue weighted by Gasteiger charge is 2.39. The van der Waals surface area contributed by atoms with E-state index in [0.29, 0.717) is 5.92 Å². The van der Waals surface area contributed by atoms with Crippen molar-refractivity contribution in [1.82, 2.24) is 0 Å². The first-order valence-electron chi connectivity index (χ1n) is 6.60. The first-order chi connectivity index (χ1) is 7.19. The maximum atomic E-state index is 6.47. The molecule has 0 heterocycles. The zero-order valence-electron chi connectivity index (χ0n) is 11.7. The molecule has 1 saturated carbocycles. The summed E-state index contributed by atoms with van der Waals surface area (Å²) in [6.45, 7) is 15.2. The molecule has 2 N–H and O–H groups in total. The van der Waals surface area contributed by atoms with Gasteiger partial charge in [0, 0.05) is 5.54 Å². The van der Waals surface area contributed by atoms with Crippen molar-refractivity contribution in [3.63, 3.8) is 0 Å². The third-order valence-electron chi connectivity index (χ3n) is 4.88. The Bertz CT molecular complexity index is 247. The summed E-state index contributed by atoms with van der Waals surface area (Å²) in [4.78, 5) is 0. The highest BCUT2D eigenvalue weighted by atomic mass is 14.8. The van der Waals surface area contributed by atoms with Crippen molar-refractivity contribution in [3.8, 4) is 0 Å². The summed E-state index contributed by atoms with van der Waals surface area (Å²) in [6, 6.07) is 0. The van der Waals surface area contributed by atoms with Crippen molar-refractivity contribution in [2.45, 2.75) is 59.4 Å². The van der Waals surface area contributed by atoms with Crippen molar-refractivity contribution in [2.75, 3.05) is 0 Å². The van der Waals surface area contributed by atoms with E-state index in [-0.39, 0.29) is 11.0 Å². The van der Waals surface area contributed by atoms with E-state index >= 15 is 0 Å². The van der Waals surface area contributed by atoms with Crippen LogP contribution >= 0.6 is 0 Å². The van der Waals surface area contributed by atoms with Crippen molar-refractivity contribution < 1.29 is 0 Å². The van der Waals surface area contributed by atoms with Crippen LogP contribution in [0.15, 0.2) is 12.7 Å². The van der Waals surface area contributed by atoms with Crippen LogP contribution in [0.3, 0.4) is 0 Å². The van der Waals surface area contributed by atoms with E-state index in [1.54, 1.807) is 0 Å². The molecule has 16 heavy (non-hydrogen) atoms. The van der Waals surface area contributed by atoms with Crippen LogP contribution < -0.4 is 5.73 Å². The van der Waals surface area contributed by atoms with Gasteiger partial charge >= 0.3 is 0 Å². The second-order valence-corrected chi connectivity index (χ2v) is 6.99. The zero-order chi connectivity index (χ0) is 12.6. The van der Waals surface area contributed by atoms with E-state index in [1.807, 2.05) is 0 Å². The summed E-state index contributed by atoms with van der Waals surface area (Å²) in [5.74, 6) is 2.28. The first-order valence-corrected chi connectivity index (χ1v) is 6.60. The molecule has 0 aromatic carbocycles. The SMILES string of the molecule is C=CC1CCC1C(C)CC(C)(N)C(C)(C)C. The molecule has 0 aromatic heterocycles. The van der Waals surface area contributed by atoms with Crippen LogP contribution in [0.1, 0.15) is 53.9 Å². The van der Waals surface area contributed by atoms with Crippen molar-refractivity contribution in [2.24, 2.45) is 28.9 Å². The minimum atomic E-state index is -0.0757. The average molecular weight is 223 g/mol. The average Bonchev–Trinajstić information content (AvgIpc) is 1.98. The Labute approximate surface area is 101 Å². The molecule has 0 aromatic rings. The van der Waals surface area contributed by atoms with E-state index in [4.69, 9.17) is 5.73 Å². The molecule has 0 bridgehead atoms. The van der Waals surface area contributed by atoms with Gasteiger partial charge in [-0.05, 0) is 49.4 Å². The molecule has 0 aliphatic heterocycles. The molecule has 0 radical (unpaired) electrons. The Hall–Kier alpha value is -0.300. The van der Waals surface area contributed by atoms with E-state index in [1.165, 1.54) is 12.8 Å². The molecule has 4 atom stereocenters. The van der Waals surface area contributed by atoms with Gasteiger partial charge in [-0.15, -0.1) is 6.58 Å². The summed E-state index contributed by atoms with van der Waals surface area (Å²) < 4.78 is 0. The first kappa shape index (κ1) is 13.8. The second kappa shape index (κ2) is 4.52. The van der Waals surface area contributed by atoms with Crippen molar-refractivity contribution in [3.05, 3.63) is 12.7 Å². The number of hydrogen-bond acceptors (Lipinski definition) is 1. The Morgan fingerprint density at radius 2 is 1.88 bits per heavy atom. The highest BCUT2D eigenvalue weighted by molar-refractivity contribution is 4.98. The van der Waals surface area contributed by atoms with E-state index in [9.17, 15) is 0 Å². The summed E-state index contributed by atoms with van der Waals surface area (Å²) in [5, 5.41) is 0. The Kier molecular flexibility index (Phi) is 3.89. The largest absolute Gasteiger partial charge is 0.325 e. The normalized spacial score (nSPS) is 31.4. The predicted octanol–water partition coefficient (Wildman–Crippen LogP) is 3.99. The zero-order valence-corrected chi connectivity index (χ0v) is 11.7. The summed E-state index contributed by atoms with van der Waals surface area (Å²) in [6.07, 6.45) is 5.94. The van der Waals surface area contributed by atoms with Crippen LogP contribution in [0.25, 0.3) is 0 Å². The van der Waals surface area contributed by atoms with Gasteiger partial charge in [-0.1, -0.05) is 33.8 Å². The van der Waals surface area contributed by atoms with E-state index in [2.05, 4.69) is 47.3 Å². The molecule has 1 fully saturated rings. The van der Waals surface area contributed by atoms with Gasteiger partial charge in [-0.25, -0.2) is 0 Å². The molecule has 1 nitrogen and oxygen atoms in total. The molecule has 94 valence electrons. The molecule has 1 aliphatic rings. The van der Waals surface area contributed by atoms with Crippen LogP contribution in [-0.2, 0) is 0 Å². The topological polar surface area (TPSA) is 26.0 Å². The molecular weight excluding hydrogens is 194 g/mol. The summed E-state index contributed by atoms with van der Waals surface area (Å²) in [5.41, 5.74) is 6.57. The van der Waals surface area contributed by atoms with Crippen molar-refractivity contribution >= 4 is 0 Å². The van der Waals surface area contributed by atoms with Gasteiger partial charge in [0.25, 0.3) is 0 Å². The lowest BCUT2D eigenvalue weighted by Gasteiger charge is -2.45. The number of nitrogens with two attached hydrogens (primary N) is 1. The van der Waals surface area contributed by atoms with Gasteiger partial charge in [0.1, 0.15) is 0 Å². The fourth-order valence-electron chi connectivity index (χ4n) is 2.68. The standard InChI is InChI=1S/C15H29N/c1-7-12-8-9-13(12)11(2)10-15(6,16)14(3,4)5/h7,11-13H,1,8-10,16H2,2-6H3. The van der Waals surface area contributed by atoms with Gasteiger partial charge in [0.15, 0.2) is 0 Å². The fraction of sp³-hybridized carbons (Fsp3) is 0.867. The molecule has 0 amide bonds. The molecule has 1 rings (SSSR count). The van der Waals surface area contributed by atoms with Gasteiger partial charge < -0.3 is 5.73 Å². The van der Waals surface area contributed by atoms with Crippen LogP contribution in [0.4, 0.5) is 0 Å². The van der Waals surface area contributed by atoms with E-state index < -0.39 is 0 Å². The monoisotopic (exact) mass is 223 g/mol. The Morgan fingerprint density at radius 1 is 1.31 bits per heavy atom. The van der Waals surface area contributed by atoms with Gasteiger partial charge in [0.2, 0.25) is 0 Å². The second-order valence-electron chi connectivity index (χ2n) is 6.99. The summed E-state index contributed by atoms with van der Waals surface area (Å²) >= 11 is 0. The smallest absolute Gasteiger partial charge is 0.0177 e. The maximum Gasteiger partial charge on any atom is 0.0177 e. The minimum Gasteiger partial charge on any atom is -0.325 e. The lowest BCUT2D eigenvalue weighted by molar-refractivity contribution is 0.0925. The Balaban J connectivity index is 2.57. The van der Waals surface area contributed by atoms with Gasteiger partial charge in [-0.3, -0.25) is 0 Å². The third kappa shape index (κ3) is 2.68. The molecule has 0 saturated heterocycles. The van der Waals surface area contributed by atoms with Crippen molar-refractivity contribution in [1.29, 1.82) is 0 Å². The van der Waals surface area contributed by atoms with Crippen LogP contribution in [0.5, 0.6) is 0 Å². The van der Waals surface area contributed by atoms with Crippen LogP contribution in [-0.4, -0.2) is 5.54 Å². The lowest BCUT2D eigenvalue weighted by Crippen LogP contribution is -2.51.